The molecule has 4 N–H and O–H groups in total. The molecule has 2 aromatic heterocycles. The maximum absolute atomic E-state index is 14.5. The van der Waals surface area contributed by atoms with Gasteiger partial charge in [-0.1, -0.05) is 12.2 Å². The van der Waals surface area contributed by atoms with Crippen molar-refractivity contribution >= 4 is 46.9 Å². The van der Waals surface area contributed by atoms with Crippen LogP contribution in [-0.4, -0.2) is 102 Å². The first-order valence-electron chi connectivity index (χ1n) is 16.8. The number of amides is 1. The van der Waals surface area contributed by atoms with Gasteiger partial charge in [0.25, 0.3) is 0 Å². The summed E-state index contributed by atoms with van der Waals surface area (Å²) < 4.78 is 10.8. The van der Waals surface area contributed by atoms with E-state index >= 15 is 0 Å². The Labute approximate surface area is 295 Å². The summed E-state index contributed by atoms with van der Waals surface area (Å²) in [4.78, 5) is 73.5. The van der Waals surface area contributed by atoms with Crippen molar-refractivity contribution in [2.45, 2.75) is 31.0 Å². The molecule has 268 valence electrons. The highest BCUT2D eigenvalue weighted by atomic mass is 16.3. The zero-order valence-electron chi connectivity index (χ0n) is 28.9. The second-order valence-corrected chi connectivity index (χ2v) is 14.0. The van der Waals surface area contributed by atoms with E-state index in [1.807, 2.05) is 66.4 Å². The largest absolute Gasteiger partial charge is 0.507 e. The van der Waals surface area contributed by atoms with Crippen LogP contribution in [0.3, 0.4) is 0 Å². The Morgan fingerprint density at radius 2 is 1.59 bits per heavy atom. The summed E-state index contributed by atoms with van der Waals surface area (Å²) in [5.41, 5.74) is 4.26. The van der Waals surface area contributed by atoms with Crippen LogP contribution in [0.2, 0.25) is 0 Å². The zero-order chi connectivity index (χ0) is 36.8. The summed E-state index contributed by atoms with van der Waals surface area (Å²) in [7, 11) is 6.75. The van der Waals surface area contributed by atoms with E-state index < -0.39 is 64.4 Å². The number of primary amides is 1. The number of aliphatic hydroxyl groups is 1. The van der Waals surface area contributed by atoms with Gasteiger partial charge in [0.15, 0.2) is 34.7 Å². The predicted molar refractivity (Wildman–Crippen MR) is 186 cm³/mol. The number of Topliss-reactive ketones (excluding diaryl/α,β-unsaturated/α-hetero) is 4. The van der Waals surface area contributed by atoms with Gasteiger partial charge in [-0.2, -0.15) is 0 Å². The number of fused-ring (bicyclic) bond motifs is 3. The van der Waals surface area contributed by atoms with Gasteiger partial charge in [0, 0.05) is 50.9 Å². The van der Waals surface area contributed by atoms with Crippen LogP contribution in [0.4, 0.5) is 5.69 Å². The fraction of sp³-hybridized carbons (Fsp3) is 0.395. The Hall–Kier alpha value is -5.11. The van der Waals surface area contributed by atoms with Crippen molar-refractivity contribution in [1.82, 2.24) is 9.80 Å². The van der Waals surface area contributed by atoms with E-state index in [9.17, 15) is 34.2 Å². The first-order chi connectivity index (χ1) is 24.2. The molecule has 13 heteroatoms. The van der Waals surface area contributed by atoms with Gasteiger partial charge >= 0.3 is 0 Å². The van der Waals surface area contributed by atoms with Crippen molar-refractivity contribution < 1.29 is 43.0 Å². The number of phenolic OH excluding ortho intramolecular Hbond substituents is 1. The highest BCUT2D eigenvalue weighted by molar-refractivity contribution is 6.32. The van der Waals surface area contributed by atoms with Crippen LogP contribution in [0.5, 0.6) is 5.75 Å². The Balaban J connectivity index is 1.37. The van der Waals surface area contributed by atoms with E-state index in [-0.39, 0.29) is 30.7 Å². The minimum absolute atomic E-state index is 0.0168. The molecule has 0 aliphatic heterocycles. The molecule has 3 aliphatic carbocycles. The number of carbonyl (C=O) groups is 5. The van der Waals surface area contributed by atoms with Crippen molar-refractivity contribution in [2.75, 3.05) is 46.2 Å². The number of likely N-dealkylation sites (N-methyl/N-ethyl adjacent to an activating group) is 1. The molecule has 51 heavy (non-hydrogen) atoms. The molecule has 0 spiro atoms. The van der Waals surface area contributed by atoms with Crippen molar-refractivity contribution in [3.8, 4) is 5.75 Å². The Bertz CT molecular complexity index is 1860. The van der Waals surface area contributed by atoms with Crippen molar-refractivity contribution in [1.29, 1.82) is 0 Å². The molecule has 13 nitrogen and oxygen atoms in total. The number of carbonyl (C=O) groups excluding carboxylic acids is 5. The molecule has 0 saturated heterocycles. The van der Waals surface area contributed by atoms with Gasteiger partial charge in [0.1, 0.15) is 17.3 Å². The number of anilines is 1. The molecule has 2 heterocycles. The number of furan rings is 2. The van der Waals surface area contributed by atoms with Gasteiger partial charge in [0.2, 0.25) is 5.91 Å². The number of rotatable bonds is 11. The lowest BCUT2D eigenvalue weighted by Crippen LogP contribution is -2.74. The summed E-state index contributed by atoms with van der Waals surface area (Å²) in [6.07, 6.45) is 10.8. The third-order valence-corrected chi connectivity index (χ3v) is 10.4. The number of aromatic hydroxyl groups is 1. The van der Waals surface area contributed by atoms with Crippen LogP contribution in [0.1, 0.15) is 39.4 Å². The van der Waals surface area contributed by atoms with Gasteiger partial charge in [-0.15, -0.1) is 0 Å². The van der Waals surface area contributed by atoms with Gasteiger partial charge in [-0.25, -0.2) is 0 Å². The molecule has 0 bridgehead atoms. The predicted octanol–water partition coefficient (Wildman–Crippen LogP) is 2.35. The van der Waals surface area contributed by atoms with Crippen molar-refractivity contribution in [3.63, 3.8) is 0 Å². The Morgan fingerprint density at radius 3 is 2.10 bits per heavy atom. The molecule has 6 atom stereocenters. The van der Waals surface area contributed by atoms with E-state index in [2.05, 4.69) is 0 Å². The minimum atomic E-state index is -2.79. The summed E-state index contributed by atoms with van der Waals surface area (Å²) in [6, 6.07) is 7.90. The smallest absolute Gasteiger partial charge is 0.235 e. The third kappa shape index (κ3) is 6.26. The van der Waals surface area contributed by atoms with E-state index in [0.29, 0.717) is 41.4 Å². The molecular weight excluding hydrogens is 656 g/mol. The Kier molecular flexibility index (Phi) is 9.73. The summed E-state index contributed by atoms with van der Waals surface area (Å²) >= 11 is 0. The standard InChI is InChI=1S/C38H42N4O9/c1-40(2)27-19-22(20-42(13-5-9-23-11-7-15-50-23)14-6-10-24-12-8-16-51-24)32(43)29-25(27)17-21-18-26-31(41(3)4)34(45)30(37(39)48)36(47)38(26,49)35(46)28(21)33(29)44/h5-12,15-16,19,21,26,28,30-31,43,49H,13-14,17-18,20H2,1-4H3,(H2,39,48)/t21-,26-,28?,30?,31+,38-/m0/s1. The lowest BCUT2D eigenvalue weighted by atomic mass is 9.52. The molecule has 1 aromatic carbocycles. The molecule has 3 aliphatic rings. The molecule has 3 aromatic rings. The number of phenols is 1. The molecule has 1 amide bonds. The number of hydrogen-bond donors (Lipinski definition) is 3. The second kappa shape index (κ2) is 13.9. The van der Waals surface area contributed by atoms with Crippen LogP contribution in [-0.2, 0) is 32.1 Å². The fourth-order valence-electron chi connectivity index (χ4n) is 8.08. The zero-order valence-corrected chi connectivity index (χ0v) is 28.9. The number of ketones is 4. The van der Waals surface area contributed by atoms with Crippen LogP contribution < -0.4 is 10.6 Å². The minimum Gasteiger partial charge on any atom is -0.507 e. The van der Waals surface area contributed by atoms with E-state index in [1.165, 1.54) is 4.90 Å². The molecule has 0 radical (unpaired) electrons. The fourth-order valence-corrected chi connectivity index (χ4v) is 8.08. The first-order valence-corrected chi connectivity index (χ1v) is 16.8. The van der Waals surface area contributed by atoms with Crippen molar-refractivity contribution in [2.24, 2.45) is 29.4 Å². The number of hydrogen-bond acceptors (Lipinski definition) is 12. The first kappa shape index (κ1) is 35.7. The lowest BCUT2D eigenvalue weighted by Gasteiger charge is -2.52. The molecule has 2 saturated carbocycles. The van der Waals surface area contributed by atoms with Gasteiger partial charge in [-0.05, 0) is 80.9 Å². The molecule has 2 fully saturated rings. The van der Waals surface area contributed by atoms with Gasteiger partial charge in [-0.3, -0.25) is 33.8 Å². The monoisotopic (exact) mass is 698 g/mol. The number of nitrogens with zero attached hydrogens (tertiary/aromatic N) is 3. The normalized spacial score (nSPS) is 26.3. The maximum atomic E-state index is 14.5. The summed E-state index contributed by atoms with van der Waals surface area (Å²) in [5.74, 6) is -9.44. The van der Waals surface area contributed by atoms with E-state index in [4.69, 9.17) is 14.6 Å². The SMILES string of the molecule is CN(C)c1cc(CN(CC=Cc2ccco2)CC=Cc2ccco2)c(O)c2c1C[C@H]1C[C@H]3[C@@H](N(C)C)C(=O)C(C(N)=O)C(=O)[C@@]3(O)C(=O)C1C2=O. The second-order valence-electron chi connectivity index (χ2n) is 14.0. The third-order valence-electron chi connectivity index (χ3n) is 10.4. The van der Waals surface area contributed by atoms with Crippen LogP contribution >= 0.6 is 0 Å². The van der Waals surface area contributed by atoms with Crippen molar-refractivity contribution in [3.05, 3.63) is 83.2 Å². The highest BCUT2D eigenvalue weighted by Gasteiger charge is 2.69. The molecular formula is C38H42N4O9. The maximum Gasteiger partial charge on any atom is 0.235 e. The van der Waals surface area contributed by atoms with Crippen LogP contribution in [0.15, 0.2) is 63.8 Å². The van der Waals surface area contributed by atoms with Crippen LogP contribution in [0.25, 0.3) is 12.2 Å². The number of nitrogens with two attached hydrogens (primary N) is 1. The van der Waals surface area contributed by atoms with E-state index in [0.717, 1.165) is 0 Å². The molecule has 2 unspecified atom stereocenters. The molecule has 6 rings (SSSR count). The van der Waals surface area contributed by atoms with E-state index in [1.54, 1.807) is 38.8 Å². The van der Waals surface area contributed by atoms with Gasteiger partial charge < -0.3 is 29.7 Å². The lowest BCUT2D eigenvalue weighted by molar-refractivity contribution is -0.181. The Morgan fingerprint density at radius 1 is 0.980 bits per heavy atom. The summed E-state index contributed by atoms with van der Waals surface area (Å²) in [6.45, 7) is 1.09. The van der Waals surface area contributed by atoms with Gasteiger partial charge in [0.05, 0.1) is 30.0 Å². The topological polar surface area (TPSA) is 188 Å². The number of benzene rings is 1. The highest BCUT2D eigenvalue weighted by Crippen LogP contribution is 2.52. The summed E-state index contributed by atoms with van der Waals surface area (Å²) in [5, 5.41) is 23.8. The average Bonchev–Trinajstić information content (AvgIpc) is 3.78. The van der Waals surface area contributed by atoms with Crippen LogP contribution in [0, 0.1) is 23.7 Å². The quantitative estimate of drug-likeness (QED) is 0.249. The average molecular weight is 699 g/mol.